The summed E-state index contributed by atoms with van der Waals surface area (Å²) >= 11 is 2.59. The van der Waals surface area contributed by atoms with Gasteiger partial charge >= 0.3 is 5.97 Å². The van der Waals surface area contributed by atoms with Gasteiger partial charge in [0, 0.05) is 5.38 Å². The molecule has 0 atom stereocenters. The van der Waals surface area contributed by atoms with Crippen LogP contribution in [0.4, 0.5) is 0 Å². The summed E-state index contributed by atoms with van der Waals surface area (Å²) < 4.78 is 0.666. The SMILES string of the molecule is N#CC1(NC(=O)CSc2nc(CC(=O)O)cs2)CCCC1. The van der Waals surface area contributed by atoms with E-state index < -0.39 is 11.5 Å². The molecule has 21 heavy (non-hydrogen) atoms. The molecule has 1 aliphatic rings. The van der Waals surface area contributed by atoms with E-state index in [0.717, 1.165) is 12.8 Å². The summed E-state index contributed by atoms with van der Waals surface area (Å²) in [6, 6.07) is 2.21. The van der Waals surface area contributed by atoms with Crippen LogP contribution in [0.15, 0.2) is 9.72 Å². The molecule has 112 valence electrons. The van der Waals surface area contributed by atoms with Crippen LogP contribution in [-0.2, 0) is 16.0 Å². The number of carbonyl (C=O) groups excluding carboxylic acids is 1. The van der Waals surface area contributed by atoms with Crippen LogP contribution in [0, 0.1) is 11.3 Å². The molecule has 2 N–H and O–H groups in total. The van der Waals surface area contributed by atoms with E-state index in [2.05, 4.69) is 16.4 Å². The van der Waals surface area contributed by atoms with Gasteiger partial charge in [0.1, 0.15) is 5.54 Å². The van der Waals surface area contributed by atoms with Gasteiger partial charge in [-0.1, -0.05) is 11.8 Å². The van der Waals surface area contributed by atoms with Gasteiger partial charge in [0.05, 0.1) is 23.9 Å². The number of nitrogens with one attached hydrogen (secondary N) is 1. The average molecular weight is 325 g/mol. The largest absolute Gasteiger partial charge is 0.481 e. The molecule has 1 aromatic heterocycles. The third-order valence-corrected chi connectivity index (χ3v) is 5.31. The van der Waals surface area contributed by atoms with Crippen molar-refractivity contribution in [2.75, 3.05) is 5.75 Å². The number of carbonyl (C=O) groups is 2. The Bertz CT molecular complexity index is 573. The first kappa shape index (κ1) is 15.8. The van der Waals surface area contributed by atoms with Crippen molar-refractivity contribution in [1.29, 1.82) is 5.26 Å². The summed E-state index contributed by atoms with van der Waals surface area (Å²) in [7, 11) is 0. The lowest BCUT2D eigenvalue weighted by Crippen LogP contribution is -2.45. The highest BCUT2D eigenvalue weighted by molar-refractivity contribution is 8.01. The quantitative estimate of drug-likeness (QED) is 0.773. The van der Waals surface area contributed by atoms with Crippen LogP contribution < -0.4 is 5.32 Å². The van der Waals surface area contributed by atoms with Crippen LogP contribution in [0.1, 0.15) is 31.4 Å². The summed E-state index contributed by atoms with van der Waals surface area (Å²) in [5.41, 5.74) is -0.200. The van der Waals surface area contributed by atoms with E-state index in [9.17, 15) is 14.9 Å². The molecule has 1 fully saturated rings. The number of thioether (sulfide) groups is 1. The highest BCUT2D eigenvalue weighted by Crippen LogP contribution is 2.29. The van der Waals surface area contributed by atoms with Crippen molar-refractivity contribution >= 4 is 35.0 Å². The number of nitrogens with zero attached hydrogens (tertiary/aromatic N) is 2. The minimum atomic E-state index is -0.924. The Morgan fingerprint density at radius 1 is 1.52 bits per heavy atom. The molecule has 1 aromatic rings. The number of aliphatic carboxylic acids is 1. The van der Waals surface area contributed by atoms with Gasteiger partial charge in [-0.05, 0) is 25.7 Å². The number of carboxylic acid groups (broad SMARTS) is 1. The zero-order valence-electron chi connectivity index (χ0n) is 11.3. The monoisotopic (exact) mass is 325 g/mol. The zero-order valence-corrected chi connectivity index (χ0v) is 12.9. The molecule has 0 bridgehead atoms. The van der Waals surface area contributed by atoms with Crippen LogP contribution in [0.3, 0.4) is 0 Å². The van der Waals surface area contributed by atoms with Crippen LogP contribution >= 0.6 is 23.1 Å². The first-order chi connectivity index (χ1) is 10.0. The van der Waals surface area contributed by atoms with Gasteiger partial charge in [0.25, 0.3) is 0 Å². The van der Waals surface area contributed by atoms with Crippen molar-refractivity contribution in [3.63, 3.8) is 0 Å². The maximum Gasteiger partial charge on any atom is 0.309 e. The second-order valence-corrected chi connectivity index (χ2v) is 6.99. The molecule has 1 aliphatic carbocycles. The highest BCUT2D eigenvalue weighted by atomic mass is 32.2. The Balaban J connectivity index is 1.82. The minimum absolute atomic E-state index is 0.110. The first-order valence-corrected chi connectivity index (χ1v) is 8.41. The summed E-state index contributed by atoms with van der Waals surface area (Å²) in [5.74, 6) is -0.922. The number of rotatable bonds is 6. The third kappa shape index (κ3) is 4.44. The van der Waals surface area contributed by atoms with E-state index in [1.807, 2.05) is 0 Å². The molecule has 0 aliphatic heterocycles. The van der Waals surface area contributed by atoms with Crippen molar-refractivity contribution in [2.45, 2.75) is 42.0 Å². The van der Waals surface area contributed by atoms with E-state index in [1.165, 1.54) is 23.1 Å². The Labute approximate surface area is 130 Å². The molecule has 8 heteroatoms. The van der Waals surface area contributed by atoms with Crippen molar-refractivity contribution in [2.24, 2.45) is 0 Å². The third-order valence-electron chi connectivity index (χ3n) is 3.24. The lowest BCUT2D eigenvalue weighted by Gasteiger charge is -2.21. The lowest BCUT2D eigenvalue weighted by molar-refractivity contribution is -0.136. The van der Waals surface area contributed by atoms with E-state index >= 15 is 0 Å². The molecule has 0 radical (unpaired) electrons. The van der Waals surface area contributed by atoms with Crippen molar-refractivity contribution < 1.29 is 14.7 Å². The molecule has 0 unspecified atom stereocenters. The van der Waals surface area contributed by atoms with Gasteiger partial charge in [0.2, 0.25) is 5.91 Å². The van der Waals surface area contributed by atoms with Crippen LogP contribution in [0.25, 0.3) is 0 Å². The number of amides is 1. The zero-order chi connectivity index (χ0) is 15.3. The predicted octanol–water partition coefficient (Wildman–Crippen LogP) is 1.81. The van der Waals surface area contributed by atoms with E-state index in [-0.39, 0.29) is 18.1 Å². The molecule has 1 amide bonds. The fourth-order valence-electron chi connectivity index (χ4n) is 2.26. The van der Waals surface area contributed by atoms with Crippen LogP contribution in [-0.4, -0.2) is 33.3 Å². The fourth-order valence-corrected chi connectivity index (χ4v) is 3.91. The molecule has 2 rings (SSSR count). The van der Waals surface area contributed by atoms with Crippen LogP contribution in [0.5, 0.6) is 0 Å². The maximum absolute atomic E-state index is 11.9. The van der Waals surface area contributed by atoms with Gasteiger partial charge in [-0.2, -0.15) is 5.26 Å². The Morgan fingerprint density at radius 3 is 2.86 bits per heavy atom. The van der Waals surface area contributed by atoms with Gasteiger partial charge in [-0.3, -0.25) is 9.59 Å². The Hall–Kier alpha value is -1.59. The van der Waals surface area contributed by atoms with Crippen LogP contribution in [0.2, 0.25) is 0 Å². The number of hydrogen-bond acceptors (Lipinski definition) is 6. The van der Waals surface area contributed by atoms with Gasteiger partial charge < -0.3 is 10.4 Å². The number of thiazole rings is 1. The molecule has 6 nitrogen and oxygen atoms in total. The van der Waals surface area contributed by atoms with Gasteiger partial charge in [-0.15, -0.1) is 11.3 Å². The lowest BCUT2D eigenvalue weighted by atomic mass is 10.0. The fraction of sp³-hybridized carbons (Fsp3) is 0.538. The first-order valence-electron chi connectivity index (χ1n) is 6.54. The topological polar surface area (TPSA) is 103 Å². The van der Waals surface area contributed by atoms with Crippen molar-refractivity contribution in [3.8, 4) is 6.07 Å². The summed E-state index contributed by atoms with van der Waals surface area (Å²) in [5, 5.41) is 22.4. The number of nitriles is 1. The van der Waals surface area contributed by atoms with Crippen molar-refractivity contribution in [3.05, 3.63) is 11.1 Å². The van der Waals surface area contributed by atoms with E-state index in [4.69, 9.17) is 5.11 Å². The molecule has 1 saturated carbocycles. The summed E-state index contributed by atoms with van der Waals surface area (Å²) in [4.78, 5) is 26.6. The Morgan fingerprint density at radius 2 is 2.24 bits per heavy atom. The summed E-state index contributed by atoms with van der Waals surface area (Å²) in [6.45, 7) is 0. The number of carboxylic acids is 1. The average Bonchev–Trinajstić information content (AvgIpc) is 3.06. The normalized spacial score (nSPS) is 16.3. The summed E-state index contributed by atoms with van der Waals surface area (Å²) in [6.07, 6.45) is 3.23. The smallest absolute Gasteiger partial charge is 0.309 e. The molecular weight excluding hydrogens is 310 g/mol. The highest BCUT2D eigenvalue weighted by Gasteiger charge is 2.35. The molecule has 0 saturated heterocycles. The standard InChI is InChI=1S/C13H15N3O3S2/c14-8-13(3-1-2-4-13)16-10(17)7-21-12-15-9(6-20-12)5-11(18)19/h6H,1-5,7H2,(H,16,17)(H,18,19). The van der Waals surface area contributed by atoms with E-state index in [1.54, 1.807) is 5.38 Å². The number of hydrogen-bond donors (Lipinski definition) is 2. The molecule has 0 aromatic carbocycles. The second kappa shape index (κ2) is 6.91. The van der Waals surface area contributed by atoms with Crippen molar-refractivity contribution in [1.82, 2.24) is 10.3 Å². The molecule has 1 heterocycles. The maximum atomic E-state index is 11.9. The predicted molar refractivity (Wildman–Crippen MR) is 79.1 cm³/mol. The van der Waals surface area contributed by atoms with E-state index in [0.29, 0.717) is 22.9 Å². The molecule has 0 spiro atoms. The number of aromatic nitrogens is 1. The Kier molecular flexibility index (Phi) is 5.20. The minimum Gasteiger partial charge on any atom is -0.481 e. The van der Waals surface area contributed by atoms with Gasteiger partial charge in [-0.25, -0.2) is 4.98 Å². The van der Waals surface area contributed by atoms with Gasteiger partial charge in [0.15, 0.2) is 4.34 Å². The molecular formula is C13H15N3O3S2. The second-order valence-electron chi connectivity index (χ2n) is 4.91.